The molecule has 1 aromatic heterocycles. The van der Waals surface area contributed by atoms with E-state index in [0.717, 1.165) is 11.3 Å². The lowest BCUT2D eigenvalue weighted by Gasteiger charge is -2.07. The predicted molar refractivity (Wildman–Crippen MR) is 85.0 cm³/mol. The van der Waals surface area contributed by atoms with E-state index in [0.29, 0.717) is 22.9 Å². The van der Waals surface area contributed by atoms with E-state index in [1.165, 1.54) is 0 Å². The Bertz CT molecular complexity index is 721. The van der Waals surface area contributed by atoms with Crippen molar-refractivity contribution in [3.05, 3.63) is 39.6 Å². The molecule has 1 aromatic carbocycles. The highest BCUT2D eigenvalue weighted by Gasteiger charge is 2.20. The van der Waals surface area contributed by atoms with Crippen LogP contribution >= 0.6 is 11.3 Å². The van der Waals surface area contributed by atoms with Crippen molar-refractivity contribution >= 4 is 28.9 Å². The van der Waals surface area contributed by atoms with Crippen LogP contribution in [0.2, 0.25) is 0 Å². The molecule has 1 heterocycles. The lowest BCUT2D eigenvalue weighted by molar-refractivity contribution is -0.304. The van der Waals surface area contributed by atoms with Crippen LogP contribution in [0.5, 0.6) is 11.5 Å². The topological polar surface area (TPSA) is 98.7 Å². The Balaban J connectivity index is 2.16. The van der Waals surface area contributed by atoms with Gasteiger partial charge in [0.15, 0.2) is 0 Å². The molecule has 0 spiro atoms. The number of hydrogen-bond acceptors (Lipinski definition) is 6. The highest BCUT2D eigenvalue weighted by molar-refractivity contribution is 7.14. The summed E-state index contributed by atoms with van der Waals surface area (Å²) in [5.41, 5.74) is 0.761. The molecule has 0 fully saturated rings. The molecule has 0 radical (unpaired) electrons. The van der Waals surface area contributed by atoms with Crippen molar-refractivity contribution in [1.82, 2.24) is 0 Å². The molecular formula is C16H16NO5S-. The summed E-state index contributed by atoms with van der Waals surface area (Å²) in [6.07, 6.45) is -0.426. The fourth-order valence-corrected chi connectivity index (χ4v) is 3.02. The molecule has 122 valence electrons. The zero-order valence-electron chi connectivity index (χ0n) is 12.7. The first-order valence-corrected chi connectivity index (χ1v) is 7.79. The van der Waals surface area contributed by atoms with E-state index in [9.17, 15) is 19.8 Å². The monoisotopic (exact) mass is 334 g/mol. The average molecular weight is 334 g/mol. The molecule has 1 amide bonds. The van der Waals surface area contributed by atoms with E-state index in [1.807, 2.05) is 6.92 Å². The number of thiophene rings is 1. The quantitative estimate of drug-likeness (QED) is 0.838. The number of amides is 1. The second-order valence-corrected chi connectivity index (χ2v) is 6.00. The average Bonchev–Trinajstić information content (AvgIpc) is 2.77. The van der Waals surface area contributed by atoms with Crippen molar-refractivity contribution in [1.29, 1.82) is 0 Å². The third-order valence-corrected chi connectivity index (χ3v) is 4.27. The van der Waals surface area contributed by atoms with Crippen molar-refractivity contribution in [2.75, 3.05) is 11.9 Å². The molecule has 0 saturated carbocycles. The number of nitrogens with one attached hydrogen (secondary N) is 1. The van der Waals surface area contributed by atoms with Crippen LogP contribution in [-0.2, 0) is 11.2 Å². The number of benzene rings is 1. The van der Waals surface area contributed by atoms with Crippen LogP contribution in [0.1, 0.15) is 27.0 Å². The number of carbonyl (C=O) groups is 2. The lowest BCUT2D eigenvalue weighted by Crippen LogP contribution is -2.24. The summed E-state index contributed by atoms with van der Waals surface area (Å²) in [5.74, 6) is -1.42. The first-order chi connectivity index (χ1) is 10.9. The summed E-state index contributed by atoms with van der Waals surface area (Å²) in [4.78, 5) is 23.6. The van der Waals surface area contributed by atoms with Gasteiger partial charge in [-0.1, -0.05) is 0 Å². The minimum absolute atomic E-state index is 0.0765. The van der Waals surface area contributed by atoms with Crippen LogP contribution in [0.3, 0.4) is 0 Å². The maximum absolute atomic E-state index is 12.2. The molecule has 0 saturated heterocycles. The maximum Gasteiger partial charge on any atom is 0.269 e. The van der Waals surface area contributed by atoms with Gasteiger partial charge in [0.25, 0.3) is 5.91 Å². The number of hydrogen-bond donors (Lipinski definition) is 2. The number of carboxylic acid groups (broad SMARTS) is 1. The normalized spacial score (nSPS) is 10.3. The van der Waals surface area contributed by atoms with Gasteiger partial charge in [-0.05, 0) is 38.1 Å². The summed E-state index contributed by atoms with van der Waals surface area (Å²) in [6.45, 7) is 4.08. The summed E-state index contributed by atoms with van der Waals surface area (Å²) < 4.78 is 5.31. The van der Waals surface area contributed by atoms with Crippen molar-refractivity contribution < 1.29 is 24.5 Å². The van der Waals surface area contributed by atoms with E-state index >= 15 is 0 Å². The molecule has 0 atom stereocenters. The fraction of sp³-hybridized carbons (Fsp3) is 0.250. The van der Waals surface area contributed by atoms with E-state index < -0.39 is 18.3 Å². The third kappa shape index (κ3) is 4.01. The van der Waals surface area contributed by atoms with Crippen LogP contribution < -0.4 is 15.2 Å². The number of carboxylic acids is 1. The number of aliphatic carboxylic acids is 1. The SMILES string of the molecule is CCOc1ccc(NC(=O)c2sc(C)c(CC(=O)[O-])c2O)cc1. The Kier molecular flexibility index (Phi) is 5.23. The highest BCUT2D eigenvalue weighted by Crippen LogP contribution is 2.35. The van der Waals surface area contributed by atoms with Gasteiger partial charge in [0, 0.05) is 28.5 Å². The lowest BCUT2D eigenvalue weighted by atomic mass is 10.1. The van der Waals surface area contributed by atoms with Gasteiger partial charge in [0.1, 0.15) is 16.4 Å². The third-order valence-electron chi connectivity index (χ3n) is 3.13. The largest absolute Gasteiger partial charge is 0.550 e. The zero-order valence-corrected chi connectivity index (χ0v) is 13.5. The summed E-state index contributed by atoms with van der Waals surface area (Å²) in [5, 5.41) is 23.4. The molecule has 2 aromatic rings. The minimum atomic E-state index is -1.31. The van der Waals surface area contributed by atoms with Crippen molar-refractivity contribution in [2.24, 2.45) is 0 Å². The second kappa shape index (κ2) is 7.15. The standard InChI is InChI=1S/C16H17NO5S/c1-3-22-11-6-4-10(5-7-11)17-16(21)15-14(20)12(8-13(18)19)9(2)23-15/h4-7,20H,3,8H2,1-2H3,(H,17,21)(H,18,19)/p-1. The smallest absolute Gasteiger partial charge is 0.269 e. The molecule has 0 bridgehead atoms. The Morgan fingerprint density at radius 3 is 2.52 bits per heavy atom. The number of carbonyl (C=O) groups excluding carboxylic acids is 2. The van der Waals surface area contributed by atoms with Crippen LogP contribution in [0, 0.1) is 6.92 Å². The van der Waals surface area contributed by atoms with Gasteiger partial charge >= 0.3 is 0 Å². The van der Waals surface area contributed by atoms with Crippen molar-refractivity contribution in [3.63, 3.8) is 0 Å². The Labute approximate surface area is 137 Å². The fourth-order valence-electron chi connectivity index (χ4n) is 2.06. The van der Waals surface area contributed by atoms with Gasteiger partial charge in [-0.25, -0.2) is 0 Å². The summed E-state index contributed by atoms with van der Waals surface area (Å²) >= 11 is 1.04. The Morgan fingerprint density at radius 2 is 1.96 bits per heavy atom. The van der Waals surface area contributed by atoms with Crippen LogP contribution in [0.15, 0.2) is 24.3 Å². The van der Waals surface area contributed by atoms with Gasteiger partial charge in [0.05, 0.1) is 6.61 Å². The second-order valence-electron chi connectivity index (χ2n) is 4.77. The molecule has 0 aliphatic heterocycles. The van der Waals surface area contributed by atoms with E-state index in [4.69, 9.17) is 4.74 Å². The Morgan fingerprint density at radius 1 is 1.30 bits per heavy atom. The van der Waals surface area contributed by atoms with Crippen LogP contribution in [-0.4, -0.2) is 23.6 Å². The van der Waals surface area contributed by atoms with E-state index in [1.54, 1.807) is 31.2 Å². The van der Waals surface area contributed by atoms with Crippen LogP contribution in [0.4, 0.5) is 5.69 Å². The van der Waals surface area contributed by atoms with Crippen molar-refractivity contribution in [3.8, 4) is 11.5 Å². The number of rotatable bonds is 6. The minimum Gasteiger partial charge on any atom is -0.550 e. The molecule has 2 N–H and O–H groups in total. The summed E-state index contributed by atoms with van der Waals surface area (Å²) in [7, 11) is 0. The highest BCUT2D eigenvalue weighted by atomic mass is 32.1. The molecular weight excluding hydrogens is 318 g/mol. The first-order valence-electron chi connectivity index (χ1n) is 6.97. The molecule has 0 aliphatic rings. The molecule has 7 heteroatoms. The molecule has 23 heavy (non-hydrogen) atoms. The number of aromatic hydroxyl groups is 1. The molecule has 0 aliphatic carbocycles. The van der Waals surface area contributed by atoms with Gasteiger partial charge in [-0.15, -0.1) is 11.3 Å². The maximum atomic E-state index is 12.2. The molecule has 6 nitrogen and oxygen atoms in total. The van der Waals surface area contributed by atoms with Gasteiger partial charge in [0.2, 0.25) is 0 Å². The summed E-state index contributed by atoms with van der Waals surface area (Å²) in [6, 6.07) is 6.81. The van der Waals surface area contributed by atoms with Crippen molar-refractivity contribution in [2.45, 2.75) is 20.3 Å². The Hall–Kier alpha value is -2.54. The predicted octanol–water partition coefficient (Wildman–Crippen LogP) is 1.71. The number of anilines is 1. The van der Waals surface area contributed by atoms with Gasteiger partial charge < -0.3 is 25.1 Å². The van der Waals surface area contributed by atoms with Gasteiger partial charge in [-0.2, -0.15) is 0 Å². The number of ether oxygens (including phenoxy) is 1. The van der Waals surface area contributed by atoms with E-state index in [2.05, 4.69) is 5.32 Å². The molecule has 0 unspecified atom stereocenters. The molecule has 2 rings (SSSR count). The number of aryl methyl sites for hydroxylation is 1. The van der Waals surface area contributed by atoms with Gasteiger partial charge in [-0.3, -0.25) is 4.79 Å². The van der Waals surface area contributed by atoms with E-state index in [-0.39, 0.29) is 16.2 Å². The van der Waals surface area contributed by atoms with Crippen LogP contribution in [0.25, 0.3) is 0 Å². The zero-order chi connectivity index (χ0) is 17.0. The first kappa shape index (κ1) is 16.8.